The van der Waals surface area contributed by atoms with E-state index in [9.17, 15) is 14.9 Å². The van der Waals surface area contributed by atoms with E-state index < -0.39 is 4.92 Å². The van der Waals surface area contributed by atoms with Gasteiger partial charge >= 0.3 is 11.8 Å². The average Bonchev–Trinajstić information content (AvgIpc) is 2.83. The fourth-order valence-electron chi connectivity index (χ4n) is 2.47. The van der Waals surface area contributed by atoms with Crippen LogP contribution in [0.3, 0.4) is 0 Å². The van der Waals surface area contributed by atoms with Gasteiger partial charge in [0.05, 0.1) is 45.1 Å². The number of carbonyl (C=O) groups is 1. The Morgan fingerprint density at radius 1 is 1.55 bits per heavy atom. The first-order chi connectivity index (χ1) is 10.4. The zero-order chi connectivity index (χ0) is 16.3. The van der Waals surface area contributed by atoms with Crippen LogP contribution < -0.4 is 5.32 Å². The third-order valence-corrected chi connectivity index (χ3v) is 3.95. The summed E-state index contributed by atoms with van der Waals surface area (Å²) in [4.78, 5) is 24.9. The first kappa shape index (κ1) is 16.3. The second kappa shape index (κ2) is 6.38. The van der Waals surface area contributed by atoms with Gasteiger partial charge in [0.2, 0.25) is 0 Å². The number of urea groups is 1. The van der Waals surface area contributed by atoms with E-state index in [0.29, 0.717) is 32.7 Å². The van der Waals surface area contributed by atoms with Gasteiger partial charge in [0, 0.05) is 19.6 Å². The molecule has 2 N–H and O–H groups in total. The average molecular weight is 313 g/mol. The Labute approximate surface area is 127 Å². The Balaban J connectivity index is 2.05. The zero-order valence-electron chi connectivity index (χ0n) is 12.7. The first-order valence-electron chi connectivity index (χ1n) is 7.03. The molecule has 2 amide bonds. The molecule has 122 valence electrons. The van der Waals surface area contributed by atoms with Crippen molar-refractivity contribution in [2.75, 3.05) is 51.7 Å². The minimum atomic E-state index is -0.616. The van der Waals surface area contributed by atoms with Crippen molar-refractivity contribution < 1.29 is 19.3 Å². The number of aliphatic hydroxyl groups is 1. The summed E-state index contributed by atoms with van der Waals surface area (Å²) in [6.45, 7) is 3.24. The van der Waals surface area contributed by atoms with Crippen molar-refractivity contribution >= 4 is 17.5 Å². The van der Waals surface area contributed by atoms with Crippen LogP contribution in [-0.4, -0.2) is 81.6 Å². The molecule has 1 aromatic rings. The molecular weight excluding hydrogens is 292 g/mol. The first-order valence-corrected chi connectivity index (χ1v) is 7.03. The molecule has 22 heavy (non-hydrogen) atoms. The standard InChI is InChI=1S/C12H20N6O4/c1-15-9-10(11(14-15)17(21)22)13-12(20)18(2)6-3-16(4-7-18)5-8-19/h9,19H,3-8H2,1-2H3/p+1. The Morgan fingerprint density at radius 2 is 2.18 bits per heavy atom. The molecule has 0 bridgehead atoms. The molecule has 0 atom stereocenters. The summed E-state index contributed by atoms with van der Waals surface area (Å²) in [5.41, 5.74) is 0.106. The minimum absolute atomic E-state index is 0.0950. The van der Waals surface area contributed by atoms with Crippen LogP contribution in [0.15, 0.2) is 6.20 Å². The molecule has 0 spiro atoms. The van der Waals surface area contributed by atoms with Gasteiger partial charge in [-0.05, 0) is 4.92 Å². The van der Waals surface area contributed by atoms with Crippen molar-refractivity contribution in [1.82, 2.24) is 14.7 Å². The lowest BCUT2D eigenvalue weighted by atomic mass is 10.2. The van der Waals surface area contributed by atoms with Crippen LogP contribution in [0.2, 0.25) is 0 Å². The molecule has 0 aliphatic carbocycles. The maximum atomic E-state index is 12.5. The van der Waals surface area contributed by atoms with Crippen LogP contribution in [0.25, 0.3) is 0 Å². The number of aryl methyl sites for hydroxylation is 1. The number of nitrogens with zero attached hydrogens (tertiary/aromatic N) is 5. The largest absolute Gasteiger partial charge is 0.421 e. The van der Waals surface area contributed by atoms with Crippen molar-refractivity contribution in [2.24, 2.45) is 7.05 Å². The summed E-state index contributed by atoms with van der Waals surface area (Å²) in [7, 11) is 3.36. The number of amides is 2. The molecule has 0 unspecified atom stereocenters. The topological polar surface area (TPSA) is 114 Å². The molecule has 0 aromatic carbocycles. The van der Waals surface area contributed by atoms with Crippen molar-refractivity contribution in [3.05, 3.63) is 16.3 Å². The van der Waals surface area contributed by atoms with Crippen LogP contribution in [0, 0.1) is 10.1 Å². The second-order valence-corrected chi connectivity index (χ2v) is 5.64. The van der Waals surface area contributed by atoms with Crippen LogP contribution in [0.4, 0.5) is 16.3 Å². The molecule has 1 fully saturated rings. The number of piperazine rings is 1. The molecule has 10 heteroatoms. The Kier molecular flexibility index (Phi) is 4.74. The second-order valence-electron chi connectivity index (χ2n) is 5.64. The van der Waals surface area contributed by atoms with Crippen molar-refractivity contribution in [3.63, 3.8) is 0 Å². The van der Waals surface area contributed by atoms with E-state index in [0.717, 1.165) is 0 Å². The van der Waals surface area contributed by atoms with Gasteiger partial charge in [0.25, 0.3) is 0 Å². The molecule has 1 aliphatic rings. The van der Waals surface area contributed by atoms with E-state index in [2.05, 4.69) is 15.3 Å². The van der Waals surface area contributed by atoms with Gasteiger partial charge in [0.1, 0.15) is 0 Å². The number of aliphatic hydroxyl groups excluding tert-OH is 1. The van der Waals surface area contributed by atoms with Gasteiger partial charge in [0.15, 0.2) is 5.69 Å². The predicted octanol–water partition coefficient (Wildman–Crippen LogP) is -0.385. The smallest absolute Gasteiger partial charge is 0.395 e. The molecule has 0 radical (unpaired) electrons. The van der Waals surface area contributed by atoms with Crippen LogP contribution in [0.5, 0.6) is 0 Å². The minimum Gasteiger partial charge on any atom is -0.395 e. The monoisotopic (exact) mass is 313 g/mol. The van der Waals surface area contributed by atoms with E-state index in [1.165, 1.54) is 10.9 Å². The Morgan fingerprint density at radius 3 is 2.73 bits per heavy atom. The summed E-state index contributed by atoms with van der Waals surface area (Å²) in [6.07, 6.45) is 1.42. The zero-order valence-corrected chi connectivity index (χ0v) is 12.7. The molecule has 2 heterocycles. The lowest BCUT2D eigenvalue weighted by molar-refractivity contribution is -0.832. The van der Waals surface area contributed by atoms with Gasteiger partial charge in [-0.15, -0.1) is 0 Å². The number of hydrogen-bond acceptors (Lipinski definition) is 6. The van der Waals surface area contributed by atoms with Gasteiger partial charge in [-0.3, -0.25) is 10.2 Å². The third-order valence-electron chi connectivity index (χ3n) is 3.95. The summed E-state index contributed by atoms with van der Waals surface area (Å²) < 4.78 is 1.45. The Hall–Kier alpha value is -2.04. The Bertz CT molecular complexity index is 564. The summed E-state index contributed by atoms with van der Waals surface area (Å²) in [5.74, 6) is -0.360. The van der Waals surface area contributed by atoms with E-state index in [1.54, 1.807) is 14.1 Å². The fourth-order valence-corrected chi connectivity index (χ4v) is 2.47. The number of hydrogen-bond donors (Lipinski definition) is 2. The normalized spacial score (nSPS) is 18.1. The maximum Gasteiger partial charge on any atom is 0.421 e. The van der Waals surface area contributed by atoms with E-state index in [1.807, 2.05) is 0 Å². The molecule has 10 nitrogen and oxygen atoms in total. The van der Waals surface area contributed by atoms with E-state index in [-0.39, 0.29) is 28.6 Å². The van der Waals surface area contributed by atoms with Crippen molar-refractivity contribution in [3.8, 4) is 0 Å². The number of anilines is 1. The molecule has 0 saturated carbocycles. The predicted molar refractivity (Wildman–Crippen MR) is 78.3 cm³/mol. The number of rotatable bonds is 4. The lowest BCUT2D eigenvalue weighted by Crippen LogP contribution is -2.61. The molecule has 1 aromatic heterocycles. The van der Waals surface area contributed by atoms with Crippen molar-refractivity contribution in [1.29, 1.82) is 0 Å². The highest BCUT2D eigenvalue weighted by Gasteiger charge is 2.37. The van der Waals surface area contributed by atoms with Crippen LogP contribution in [-0.2, 0) is 7.05 Å². The van der Waals surface area contributed by atoms with Gasteiger partial charge in [-0.2, -0.15) is 4.68 Å². The summed E-state index contributed by atoms with van der Waals surface area (Å²) in [6, 6.07) is -0.292. The van der Waals surface area contributed by atoms with Gasteiger partial charge in [-0.25, -0.2) is 9.28 Å². The molecule has 2 rings (SSSR count). The van der Waals surface area contributed by atoms with E-state index in [4.69, 9.17) is 5.11 Å². The number of nitrogens with one attached hydrogen (secondary N) is 1. The number of β-amino-alcohol motifs (C(OH)–C–C–N with tert-alkyl or cyclic N) is 1. The van der Waals surface area contributed by atoms with Crippen molar-refractivity contribution in [2.45, 2.75) is 0 Å². The number of likely N-dealkylation sites (N-methyl/N-ethyl adjacent to an activating group) is 1. The highest BCUT2D eigenvalue weighted by atomic mass is 16.6. The highest BCUT2D eigenvalue weighted by Crippen LogP contribution is 2.23. The number of carbonyl (C=O) groups excluding carboxylic acids is 1. The van der Waals surface area contributed by atoms with Gasteiger partial charge in [-0.1, -0.05) is 0 Å². The number of nitro groups is 1. The number of aromatic nitrogens is 2. The lowest BCUT2D eigenvalue weighted by Gasteiger charge is -2.39. The van der Waals surface area contributed by atoms with Gasteiger partial charge < -0.3 is 15.2 Å². The summed E-state index contributed by atoms with van der Waals surface area (Å²) >= 11 is 0. The number of quaternary nitrogens is 1. The SMILES string of the molecule is Cn1cc(NC(=O)[N+]2(C)CCN(CCO)CC2)c([N+](=O)[O-])n1. The molecule has 1 aliphatic heterocycles. The fraction of sp³-hybridized carbons (Fsp3) is 0.667. The molecular formula is C12H21N6O4+. The van der Waals surface area contributed by atoms with Crippen LogP contribution in [0.1, 0.15) is 0 Å². The quantitative estimate of drug-likeness (QED) is 0.445. The summed E-state index contributed by atoms with van der Waals surface area (Å²) in [5, 5.41) is 26.2. The third kappa shape index (κ3) is 3.40. The van der Waals surface area contributed by atoms with E-state index >= 15 is 0 Å². The highest BCUT2D eigenvalue weighted by molar-refractivity contribution is 5.86. The maximum absolute atomic E-state index is 12.5. The van der Waals surface area contributed by atoms with Crippen LogP contribution >= 0.6 is 0 Å². The molecule has 1 saturated heterocycles.